The Bertz CT molecular complexity index is 581. The Hall–Kier alpha value is -0.870. The van der Waals surface area contributed by atoms with Crippen LogP contribution in [0.2, 0.25) is 0 Å². The minimum absolute atomic E-state index is 0.0647. The average molecular weight is 297 g/mol. The van der Waals surface area contributed by atoms with Crippen LogP contribution in [0, 0.1) is 19.3 Å². The van der Waals surface area contributed by atoms with Gasteiger partial charge >= 0.3 is 0 Å². The molecule has 114 valence electrons. The molecule has 0 spiro atoms. The van der Waals surface area contributed by atoms with Crippen LogP contribution in [0.3, 0.4) is 0 Å². The third-order valence-electron chi connectivity index (χ3n) is 3.17. The van der Waals surface area contributed by atoms with E-state index in [1.807, 2.05) is 33.8 Å². The number of rotatable bonds is 4. The van der Waals surface area contributed by atoms with Crippen molar-refractivity contribution in [2.45, 2.75) is 65.3 Å². The third kappa shape index (κ3) is 4.91. The van der Waals surface area contributed by atoms with Crippen molar-refractivity contribution >= 4 is 10.0 Å². The summed E-state index contributed by atoms with van der Waals surface area (Å²) in [6, 6.07) is 5.24. The highest BCUT2D eigenvalue weighted by Crippen LogP contribution is 2.28. The monoisotopic (exact) mass is 297 g/mol. The summed E-state index contributed by atoms with van der Waals surface area (Å²) in [4.78, 5) is 0.336. The van der Waals surface area contributed by atoms with Gasteiger partial charge in [0.15, 0.2) is 0 Å². The molecule has 0 saturated carbocycles. The first kappa shape index (κ1) is 17.2. The molecule has 4 heteroatoms. The fraction of sp³-hybridized carbons (Fsp3) is 0.625. The Labute approximate surface area is 123 Å². The van der Waals surface area contributed by atoms with Gasteiger partial charge in [-0.15, -0.1) is 0 Å². The Kier molecular flexibility index (Phi) is 4.72. The molecule has 3 nitrogen and oxygen atoms in total. The first-order valence-electron chi connectivity index (χ1n) is 6.94. The Balaban J connectivity index is 3.03. The van der Waals surface area contributed by atoms with Gasteiger partial charge in [-0.3, -0.25) is 0 Å². The van der Waals surface area contributed by atoms with Gasteiger partial charge in [0.1, 0.15) is 0 Å². The summed E-state index contributed by atoms with van der Waals surface area (Å²) in [6.45, 7) is 14.1. The molecule has 0 aliphatic heterocycles. The second kappa shape index (κ2) is 5.49. The Morgan fingerprint density at radius 3 is 2.00 bits per heavy atom. The Morgan fingerprint density at radius 2 is 1.55 bits per heavy atom. The van der Waals surface area contributed by atoms with Crippen molar-refractivity contribution in [1.82, 2.24) is 4.72 Å². The van der Waals surface area contributed by atoms with Gasteiger partial charge in [-0.25, -0.2) is 13.1 Å². The van der Waals surface area contributed by atoms with Gasteiger partial charge in [0, 0.05) is 5.54 Å². The smallest absolute Gasteiger partial charge is 0.207 e. The van der Waals surface area contributed by atoms with E-state index >= 15 is 0 Å². The molecule has 0 aromatic heterocycles. The second-order valence-corrected chi connectivity index (χ2v) is 9.16. The largest absolute Gasteiger partial charge is 0.241 e. The SMILES string of the molecule is Cc1ccc(S(=O)(=O)NC(C)(C)CC(C)(C)C)cc1C. The van der Waals surface area contributed by atoms with E-state index in [1.165, 1.54) is 0 Å². The summed E-state index contributed by atoms with van der Waals surface area (Å²) in [6.07, 6.45) is 0.768. The first-order chi connectivity index (χ1) is 8.82. The molecule has 0 heterocycles. The molecule has 0 atom stereocenters. The van der Waals surface area contributed by atoms with E-state index in [1.54, 1.807) is 12.1 Å². The van der Waals surface area contributed by atoms with Crippen molar-refractivity contribution < 1.29 is 8.42 Å². The molecule has 0 fully saturated rings. The third-order valence-corrected chi connectivity index (χ3v) is 4.87. The summed E-state index contributed by atoms with van der Waals surface area (Å²) in [5.74, 6) is 0. The number of hydrogen-bond acceptors (Lipinski definition) is 2. The van der Waals surface area contributed by atoms with Crippen LogP contribution in [0.5, 0.6) is 0 Å². The summed E-state index contributed by atoms with van der Waals surface area (Å²) >= 11 is 0. The van der Waals surface area contributed by atoms with E-state index < -0.39 is 15.6 Å². The van der Waals surface area contributed by atoms with Gasteiger partial charge in [-0.2, -0.15) is 0 Å². The van der Waals surface area contributed by atoms with Crippen LogP contribution in [0.4, 0.5) is 0 Å². The molecule has 0 radical (unpaired) electrons. The number of nitrogens with one attached hydrogen (secondary N) is 1. The van der Waals surface area contributed by atoms with E-state index in [4.69, 9.17) is 0 Å². The van der Waals surface area contributed by atoms with Crippen LogP contribution >= 0.6 is 0 Å². The predicted octanol–water partition coefficient (Wildman–Crippen LogP) is 3.80. The van der Waals surface area contributed by atoms with Gasteiger partial charge < -0.3 is 0 Å². The molecule has 1 rings (SSSR count). The molecule has 1 aromatic carbocycles. The van der Waals surface area contributed by atoms with Crippen molar-refractivity contribution in [2.75, 3.05) is 0 Å². The molecule has 0 aliphatic rings. The van der Waals surface area contributed by atoms with Crippen molar-refractivity contribution in [3.8, 4) is 0 Å². The molecule has 20 heavy (non-hydrogen) atoms. The first-order valence-corrected chi connectivity index (χ1v) is 8.42. The molecule has 0 unspecified atom stereocenters. The van der Waals surface area contributed by atoms with Crippen LogP contribution in [-0.2, 0) is 10.0 Å². The zero-order valence-corrected chi connectivity index (χ0v) is 14.5. The standard InChI is InChI=1S/C16H27NO2S/c1-12-8-9-14(10-13(12)2)20(18,19)17-16(6,7)11-15(3,4)5/h8-10,17H,11H2,1-7H3. The molecule has 0 saturated heterocycles. The molecule has 1 N–H and O–H groups in total. The van der Waals surface area contributed by atoms with Crippen LogP contribution in [0.1, 0.15) is 52.2 Å². The van der Waals surface area contributed by atoms with Gasteiger partial charge in [0.05, 0.1) is 4.90 Å². The topological polar surface area (TPSA) is 46.2 Å². The average Bonchev–Trinajstić information content (AvgIpc) is 2.16. The van der Waals surface area contributed by atoms with E-state index in [9.17, 15) is 8.42 Å². The highest BCUT2D eigenvalue weighted by atomic mass is 32.2. The number of sulfonamides is 1. The lowest BCUT2D eigenvalue weighted by atomic mass is 9.82. The fourth-order valence-electron chi connectivity index (χ4n) is 2.67. The lowest BCUT2D eigenvalue weighted by Gasteiger charge is -2.33. The van der Waals surface area contributed by atoms with Crippen molar-refractivity contribution in [3.05, 3.63) is 29.3 Å². The lowest BCUT2D eigenvalue weighted by molar-refractivity contribution is 0.269. The zero-order chi connectivity index (χ0) is 15.8. The van der Waals surface area contributed by atoms with Gasteiger partial charge in [0.2, 0.25) is 10.0 Å². The lowest BCUT2D eigenvalue weighted by Crippen LogP contribution is -2.45. The summed E-state index contributed by atoms with van der Waals surface area (Å²) in [5, 5.41) is 0. The van der Waals surface area contributed by atoms with Crippen LogP contribution in [0.15, 0.2) is 23.1 Å². The second-order valence-electron chi connectivity index (χ2n) is 7.47. The van der Waals surface area contributed by atoms with Crippen molar-refractivity contribution in [2.24, 2.45) is 5.41 Å². The van der Waals surface area contributed by atoms with Gasteiger partial charge in [-0.1, -0.05) is 26.8 Å². The minimum Gasteiger partial charge on any atom is -0.207 e. The van der Waals surface area contributed by atoms with Crippen LogP contribution in [0.25, 0.3) is 0 Å². The maximum atomic E-state index is 12.5. The number of hydrogen-bond donors (Lipinski definition) is 1. The van der Waals surface area contributed by atoms with Crippen LogP contribution in [-0.4, -0.2) is 14.0 Å². The van der Waals surface area contributed by atoms with Gasteiger partial charge in [-0.05, 0) is 62.8 Å². The maximum absolute atomic E-state index is 12.5. The molecule has 0 amide bonds. The van der Waals surface area contributed by atoms with Crippen molar-refractivity contribution in [3.63, 3.8) is 0 Å². The summed E-state index contributed by atoms with van der Waals surface area (Å²) in [7, 11) is -3.48. The molecular formula is C16H27NO2S. The molecule has 1 aromatic rings. The molecule has 0 aliphatic carbocycles. The van der Waals surface area contributed by atoms with Crippen molar-refractivity contribution in [1.29, 1.82) is 0 Å². The van der Waals surface area contributed by atoms with Crippen LogP contribution < -0.4 is 4.72 Å². The highest BCUT2D eigenvalue weighted by Gasteiger charge is 2.30. The van der Waals surface area contributed by atoms with E-state index in [-0.39, 0.29) is 5.41 Å². The number of aryl methyl sites for hydroxylation is 2. The fourth-order valence-corrected chi connectivity index (χ4v) is 4.16. The van der Waals surface area contributed by atoms with E-state index in [0.29, 0.717) is 4.90 Å². The Morgan fingerprint density at radius 1 is 1.00 bits per heavy atom. The van der Waals surface area contributed by atoms with E-state index in [2.05, 4.69) is 25.5 Å². The summed E-state index contributed by atoms with van der Waals surface area (Å²) < 4.78 is 27.8. The predicted molar refractivity (Wildman–Crippen MR) is 84.4 cm³/mol. The normalized spacial score (nSPS) is 13.6. The van der Waals surface area contributed by atoms with Gasteiger partial charge in [0.25, 0.3) is 0 Å². The number of benzene rings is 1. The van der Waals surface area contributed by atoms with E-state index in [0.717, 1.165) is 17.5 Å². The zero-order valence-electron chi connectivity index (χ0n) is 13.7. The molecular weight excluding hydrogens is 270 g/mol. The quantitative estimate of drug-likeness (QED) is 0.919. The maximum Gasteiger partial charge on any atom is 0.241 e. The summed E-state index contributed by atoms with van der Waals surface area (Å²) in [5.41, 5.74) is 1.67. The molecule has 0 bridgehead atoms. The minimum atomic E-state index is -3.48. The highest BCUT2D eigenvalue weighted by molar-refractivity contribution is 7.89.